The fourth-order valence-corrected chi connectivity index (χ4v) is 3.48. The minimum absolute atomic E-state index is 0.101. The zero-order chi connectivity index (χ0) is 23.1. The highest BCUT2D eigenvalue weighted by atomic mass is 16.6. The SMILES string of the molecule is COC(=O)Cc1ccccc1O[C@@H](c1ccccc1)[C@@H]1CN(C(=O)OC(C)(C)C)CCO1. The summed E-state index contributed by atoms with van der Waals surface area (Å²) in [5.74, 6) is 0.229. The first-order valence-corrected chi connectivity index (χ1v) is 10.7. The molecule has 0 spiro atoms. The van der Waals surface area contributed by atoms with Crippen LogP contribution in [0.1, 0.15) is 38.0 Å². The van der Waals surface area contributed by atoms with E-state index in [0.717, 1.165) is 11.1 Å². The largest absolute Gasteiger partial charge is 0.483 e. The smallest absolute Gasteiger partial charge is 0.410 e. The van der Waals surface area contributed by atoms with Gasteiger partial charge in [-0.25, -0.2) is 4.79 Å². The van der Waals surface area contributed by atoms with Gasteiger partial charge in [0.1, 0.15) is 17.5 Å². The van der Waals surface area contributed by atoms with Gasteiger partial charge in [0.15, 0.2) is 6.10 Å². The molecule has 7 nitrogen and oxygen atoms in total. The van der Waals surface area contributed by atoms with Crippen molar-refractivity contribution >= 4 is 12.1 Å². The first-order chi connectivity index (χ1) is 15.3. The molecule has 172 valence electrons. The third-order valence-electron chi connectivity index (χ3n) is 5.00. The second kappa shape index (κ2) is 10.5. The van der Waals surface area contributed by atoms with Crippen LogP contribution in [0.25, 0.3) is 0 Å². The predicted octanol–water partition coefficient (Wildman–Crippen LogP) is 4.16. The van der Waals surface area contributed by atoms with Gasteiger partial charge in [-0.15, -0.1) is 0 Å². The number of hydrogen-bond donors (Lipinski definition) is 0. The number of carbonyl (C=O) groups is 2. The molecule has 1 aliphatic heterocycles. The average molecular weight is 442 g/mol. The number of rotatable bonds is 6. The van der Waals surface area contributed by atoms with Crippen LogP contribution < -0.4 is 4.74 Å². The lowest BCUT2D eigenvalue weighted by molar-refractivity contribution is -0.139. The molecule has 1 amide bonds. The molecule has 0 unspecified atom stereocenters. The summed E-state index contributed by atoms with van der Waals surface area (Å²) in [7, 11) is 1.36. The Kier molecular flexibility index (Phi) is 7.75. The number of esters is 1. The number of hydrogen-bond acceptors (Lipinski definition) is 6. The molecule has 1 heterocycles. The van der Waals surface area contributed by atoms with Crippen LogP contribution in [0.5, 0.6) is 5.75 Å². The third kappa shape index (κ3) is 6.47. The monoisotopic (exact) mass is 441 g/mol. The Morgan fingerprint density at radius 1 is 1.09 bits per heavy atom. The Hall–Kier alpha value is -3.06. The topological polar surface area (TPSA) is 74.3 Å². The summed E-state index contributed by atoms with van der Waals surface area (Å²) in [4.78, 5) is 26.2. The van der Waals surface area contributed by atoms with Crippen molar-refractivity contribution in [1.82, 2.24) is 4.90 Å². The maximum absolute atomic E-state index is 12.6. The van der Waals surface area contributed by atoms with Crippen molar-refractivity contribution in [3.63, 3.8) is 0 Å². The van der Waals surface area contributed by atoms with Gasteiger partial charge in [0, 0.05) is 12.1 Å². The van der Waals surface area contributed by atoms with E-state index in [1.165, 1.54) is 7.11 Å². The number of carbonyl (C=O) groups excluding carboxylic acids is 2. The van der Waals surface area contributed by atoms with Gasteiger partial charge in [0.25, 0.3) is 0 Å². The molecule has 2 aromatic rings. The van der Waals surface area contributed by atoms with Crippen molar-refractivity contribution in [3.8, 4) is 5.75 Å². The van der Waals surface area contributed by atoms with E-state index < -0.39 is 17.8 Å². The molecule has 32 heavy (non-hydrogen) atoms. The molecule has 0 bridgehead atoms. The Morgan fingerprint density at radius 3 is 2.47 bits per heavy atom. The van der Waals surface area contributed by atoms with Gasteiger partial charge in [0.2, 0.25) is 0 Å². The van der Waals surface area contributed by atoms with Gasteiger partial charge < -0.3 is 23.8 Å². The van der Waals surface area contributed by atoms with E-state index in [4.69, 9.17) is 18.9 Å². The number of morpholine rings is 1. The molecule has 0 aliphatic carbocycles. The van der Waals surface area contributed by atoms with E-state index in [9.17, 15) is 9.59 Å². The molecule has 0 N–H and O–H groups in total. The molecule has 2 aromatic carbocycles. The zero-order valence-electron chi connectivity index (χ0n) is 19.1. The lowest BCUT2D eigenvalue weighted by Gasteiger charge is -2.37. The molecule has 1 saturated heterocycles. The summed E-state index contributed by atoms with van der Waals surface area (Å²) in [6.45, 7) is 6.69. The van der Waals surface area contributed by atoms with Crippen molar-refractivity contribution in [3.05, 3.63) is 65.7 Å². The highest BCUT2D eigenvalue weighted by Crippen LogP contribution is 2.31. The molecule has 2 atom stereocenters. The number of ether oxygens (including phenoxy) is 4. The van der Waals surface area contributed by atoms with Crippen LogP contribution in [0.2, 0.25) is 0 Å². The van der Waals surface area contributed by atoms with Gasteiger partial charge in [-0.3, -0.25) is 4.79 Å². The molecule has 0 aromatic heterocycles. The minimum atomic E-state index is -0.576. The normalized spacial score (nSPS) is 17.4. The zero-order valence-corrected chi connectivity index (χ0v) is 19.1. The second-order valence-electron chi connectivity index (χ2n) is 8.65. The van der Waals surface area contributed by atoms with Crippen LogP contribution in [0, 0.1) is 0 Å². The van der Waals surface area contributed by atoms with Gasteiger partial charge in [-0.05, 0) is 32.4 Å². The van der Waals surface area contributed by atoms with Gasteiger partial charge in [-0.1, -0.05) is 48.5 Å². The van der Waals surface area contributed by atoms with Crippen molar-refractivity contribution in [2.75, 3.05) is 26.8 Å². The molecule has 7 heteroatoms. The number of benzene rings is 2. The summed E-state index contributed by atoms with van der Waals surface area (Å²) in [6, 6.07) is 17.1. The molecule has 0 radical (unpaired) electrons. The molecule has 3 rings (SSSR count). The van der Waals surface area contributed by atoms with E-state index in [-0.39, 0.29) is 18.5 Å². The predicted molar refractivity (Wildman–Crippen MR) is 120 cm³/mol. The van der Waals surface area contributed by atoms with E-state index in [1.54, 1.807) is 4.90 Å². The lowest BCUT2D eigenvalue weighted by atomic mass is 10.0. The quantitative estimate of drug-likeness (QED) is 0.627. The van der Waals surface area contributed by atoms with E-state index in [0.29, 0.717) is 25.4 Å². The summed E-state index contributed by atoms with van der Waals surface area (Å²) in [6.07, 6.45) is -1.17. The third-order valence-corrected chi connectivity index (χ3v) is 5.00. The summed E-state index contributed by atoms with van der Waals surface area (Å²) in [5, 5.41) is 0. The molecule has 1 fully saturated rings. The molecule has 0 saturated carbocycles. The maximum Gasteiger partial charge on any atom is 0.410 e. The fraction of sp³-hybridized carbons (Fsp3) is 0.440. The first kappa shape index (κ1) is 23.6. The standard InChI is InChI=1S/C25H31NO6/c1-25(2,3)32-24(28)26-14-15-30-21(17-26)23(18-10-6-5-7-11-18)31-20-13-9-8-12-19(20)16-22(27)29-4/h5-13,21,23H,14-17H2,1-4H3/t21-,23-/m0/s1. The van der Waals surface area contributed by atoms with Crippen LogP contribution in [-0.2, 0) is 25.4 Å². The summed E-state index contributed by atoms with van der Waals surface area (Å²) in [5.41, 5.74) is 1.06. The number of nitrogens with zero attached hydrogens (tertiary/aromatic N) is 1. The highest BCUT2D eigenvalue weighted by Gasteiger charge is 2.35. The van der Waals surface area contributed by atoms with Crippen LogP contribution in [-0.4, -0.2) is 55.5 Å². The van der Waals surface area contributed by atoms with Crippen LogP contribution >= 0.6 is 0 Å². The van der Waals surface area contributed by atoms with Crippen molar-refractivity contribution < 1.29 is 28.5 Å². The summed E-state index contributed by atoms with van der Waals surface area (Å²) < 4.78 is 22.8. The Bertz CT molecular complexity index is 908. The Balaban J connectivity index is 1.85. The molecular formula is C25H31NO6. The van der Waals surface area contributed by atoms with E-state index in [2.05, 4.69) is 0 Å². The van der Waals surface area contributed by atoms with Gasteiger partial charge in [-0.2, -0.15) is 0 Å². The molecule has 1 aliphatic rings. The molecular weight excluding hydrogens is 410 g/mol. The van der Waals surface area contributed by atoms with Crippen molar-refractivity contribution in [1.29, 1.82) is 0 Å². The second-order valence-corrected chi connectivity index (χ2v) is 8.65. The first-order valence-electron chi connectivity index (χ1n) is 10.7. The van der Waals surface area contributed by atoms with E-state index >= 15 is 0 Å². The van der Waals surface area contributed by atoms with Crippen LogP contribution in [0.3, 0.4) is 0 Å². The highest BCUT2D eigenvalue weighted by molar-refractivity contribution is 5.73. The number of para-hydroxylation sites is 1. The van der Waals surface area contributed by atoms with Crippen molar-refractivity contribution in [2.24, 2.45) is 0 Å². The van der Waals surface area contributed by atoms with Crippen molar-refractivity contribution in [2.45, 2.75) is 45.0 Å². The lowest BCUT2D eigenvalue weighted by Crippen LogP contribution is -2.50. The van der Waals surface area contributed by atoms with E-state index in [1.807, 2.05) is 75.4 Å². The number of methoxy groups -OCH3 is 1. The van der Waals surface area contributed by atoms with Crippen LogP contribution in [0.15, 0.2) is 54.6 Å². The van der Waals surface area contributed by atoms with Gasteiger partial charge >= 0.3 is 12.1 Å². The minimum Gasteiger partial charge on any atom is -0.483 e. The van der Waals surface area contributed by atoms with Crippen LogP contribution in [0.4, 0.5) is 4.79 Å². The Labute approximate surface area is 189 Å². The average Bonchev–Trinajstić information content (AvgIpc) is 2.78. The maximum atomic E-state index is 12.6. The Morgan fingerprint density at radius 2 is 1.78 bits per heavy atom. The van der Waals surface area contributed by atoms with Gasteiger partial charge in [0.05, 0.1) is 26.7 Å². The summed E-state index contributed by atoms with van der Waals surface area (Å²) >= 11 is 0. The fourth-order valence-electron chi connectivity index (χ4n) is 3.48. The number of amides is 1.